The molecule has 1 aromatic carbocycles. The first kappa shape index (κ1) is 14.5. The van der Waals surface area contributed by atoms with Crippen LogP contribution in [0.5, 0.6) is 0 Å². The van der Waals surface area contributed by atoms with Gasteiger partial charge in [0.15, 0.2) is 0 Å². The lowest BCUT2D eigenvalue weighted by atomic mass is 9.94. The average Bonchev–Trinajstić information content (AvgIpc) is 2.39. The van der Waals surface area contributed by atoms with E-state index >= 15 is 0 Å². The number of anilines is 1. The number of aliphatic hydroxyl groups is 1. The van der Waals surface area contributed by atoms with Gasteiger partial charge in [0.25, 0.3) is 0 Å². The third kappa shape index (κ3) is 3.47. The smallest absolute Gasteiger partial charge is 0.319 e. The summed E-state index contributed by atoms with van der Waals surface area (Å²) < 4.78 is 0. The number of aliphatic hydroxyl groups excluding tert-OH is 1. The molecule has 3 N–H and O–H groups in total. The zero-order valence-electron chi connectivity index (χ0n) is 11.3. The standard InChI is InChI=1S/C14H22N2O2/c1-4-14(5-2,10-17)16-13(18)15-12-9-7-6-8-11(12)3/h6-9,17H,4-5,10H2,1-3H3,(H2,15,16,18). The summed E-state index contributed by atoms with van der Waals surface area (Å²) in [6.07, 6.45) is 1.39. The summed E-state index contributed by atoms with van der Waals surface area (Å²) >= 11 is 0. The number of urea groups is 1. The molecular formula is C14H22N2O2. The van der Waals surface area contributed by atoms with Crippen molar-refractivity contribution in [1.29, 1.82) is 0 Å². The van der Waals surface area contributed by atoms with E-state index in [0.29, 0.717) is 12.8 Å². The van der Waals surface area contributed by atoms with Gasteiger partial charge in [-0.1, -0.05) is 32.0 Å². The summed E-state index contributed by atoms with van der Waals surface area (Å²) in [6, 6.07) is 7.32. The molecule has 0 unspecified atom stereocenters. The average molecular weight is 250 g/mol. The Hall–Kier alpha value is -1.55. The van der Waals surface area contributed by atoms with Crippen molar-refractivity contribution in [2.75, 3.05) is 11.9 Å². The van der Waals surface area contributed by atoms with Crippen LogP contribution in [-0.2, 0) is 0 Å². The summed E-state index contributed by atoms with van der Waals surface area (Å²) in [6.45, 7) is 5.79. The van der Waals surface area contributed by atoms with E-state index in [1.807, 2.05) is 45.0 Å². The van der Waals surface area contributed by atoms with Crippen molar-refractivity contribution in [3.8, 4) is 0 Å². The molecule has 0 bridgehead atoms. The number of hydrogen-bond acceptors (Lipinski definition) is 2. The summed E-state index contributed by atoms with van der Waals surface area (Å²) in [5.74, 6) is 0. The lowest BCUT2D eigenvalue weighted by Gasteiger charge is -2.30. The SMILES string of the molecule is CCC(CC)(CO)NC(=O)Nc1ccccc1C. The molecule has 1 aromatic rings. The first-order valence-electron chi connectivity index (χ1n) is 6.32. The fourth-order valence-corrected chi connectivity index (χ4v) is 1.80. The highest BCUT2D eigenvalue weighted by molar-refractivity contribution is 5.90. The van der Waals surface area contributed by atoms with Crippen molar-refractivity contribution in [2.45, 2.75) is 39.2 Å². The topological polar surface area (TPSA) is 61.4 Å². The van der Waals surface area contributed by atoms with E-state index in [9.17, 15) is 9.90 Å². The van der Waals surface area contributed by atoms with E-state index in [1.165, 1.54) is 0 Å². The van der Waals surface area contributed by atoms with Gasteiger partial charge in [-0.05, 0) is 31.4 Å². The number of hydrogen-bond donors (Lipinski definition) is 3. The molecule has 0 aliphatic heterocycles. The highest BCUT2D eigenvalue weighted by atomic mass is 16.3. The van der Waals surface area contributed by atoms with Gasteiger partial charge in [0, 0.05) is 5.69 Å². The molecule has 0 atom stereocenters. The van der Waals surface area contributed by atoms with E-state index < -0.39 is 5.54 Å². The summed E-state index contributed by atoms with van der Waals surface area (Å²) in [7, 11) is 0. The molecule has 0 aliphatic carbocycles. The minimum Gasteiger partial charge on any atom is -0.394 e. The molecule has 4 nitrogen and oxygen atoms in total. The van der Waals surface area contributed by atoms with Gasteiger partial charge in [0.2, 0.25) is 0 Å². The van der Waals surface area contributed by atoms with Crippen LogP contribution in [0.15, 0.2) is 24.3 Å². The molecule has 0 saturated carbocycles. The maximum absolute atomic E-state index is 11.9. The van der Waals surface area contributed by atoms with Crippen LogP contribution in [0.1, 0.15) is 32.3 Å². The van der Waals surface area contributed by atoms with Crippen molar-refractivity contribution >= 4 is 11.7 Å². The zero-order chi connectivity index (χ0) is 13.6. The number of aryl methyl sites for hydroxylation is 1. The molecular weight excluding hydrogens is 228 g/mol. The van der Waals surface area contributed by atoms with E-state index in [4.69, 9.17) is 0 Å². The van der Waals surface area contributed by atoms with Crippen molar-refractivity contribution < 1.29 is 9.90 Å². The Morgan fingerprint density at radius 2 is 1.89 bits per heavy atom. The first-order chi connectivity index (χ1) is 8.56. The summed E-state index contributed by atoms with van der Waals surface area (Å²) in [5, 5.41) is 15.1. The maximum atomic E-state index is 11.9. The number of amides is 2. The molecule has 1 rings (SSSR count). The molecule has 18 heavy (non-hydrogen) atoms. The third-order valence-corrected chi connectivity index (χ3v) is 3.43. The quantitative estimate of drug-likeness (QED) is 0.752. The van der Waals surface area contributed by atoms with Gasteiger partial charge >= 0.3 is 6.03 Å². The van der Waals surface area contributed by atoms with Crippen molar-refractivity contribution in [1.82, 2.24) is 5.32 Å². The van der Waals surface area contributed by atoms with Crippen LogP contribution in [0.4, 0.5) is 10.5 Å². The fourth-order valence-electron chi connectivity index (χ4n) is 1.80. The van der Waals surface area contributed by atoms with Gasteiger partial charge < -0.3 is 15.7 Å². The second-order valence-corrected chi connectivity index (χ2v) is 4.54. The van der Waals surface area contributed by atoms with E-state index in [2.05, 4.69) is 10.6 Å². The monoisotopic (exact) mass is 250 g/mol. The summed E-state index contributed by atoms with van der Waals surface area (Å²) in [5.41, 5.74) is 1.26. The minimum atomic E-state index is -0.535. The predicted octanol–water partition coefficient (Wildman–Crippen LogP) is 2.67. The van der Waals surface area contributed by atoms with Crippen molar-refractivity contribution in [2.24, 2.45) is 0 Å². The Morgan fingerprint density at radius 1 is 1.28 bits per heavy atom. The van der Waals surface area contributed by atoms with Crippen molar-refractivity contribution in [3.05, 3.63) is 29.8 Å². The molecule has 100 valence electrons. The number of para-hydroxylation sites is 1. The molecule has 0 spiro atoms. The van der Waals surface area contributed by atoms with E-state index in [0.717, 1.165) is 11.3 Å². The lowest BCUT2D eigenvalue weighted by molar-refractivity contribution is 0.155. The van der Waals surface area contributed by atoms with Gasteiger partial charge in [-0.2, -0.15) is 0 Å². The highest BCUT2D eigenvalue weighted by Gasteiger charge is 2.27. The molecule has 0 radical (unpaired) electrons. The Kier molecular flexibility index (Phi) is 5.16. The van der Waals surface area contributed by atoms with Gasteiger partial charge in [0.05, 0.1) is 12.1 Å². The second kappa shape index (κ2) is 6.40. The molecule has 4 heteroatoms. The van der Waals surface area contributed by atoms with Crippen LogP contribution in [-0.4, -0.2) is 23.3 Å². The van der Waals surface area contributed by atoms with Crippen molar-refractivity contribution in [3.63, 3.8) is 0 Å². The highest BCUT2D eigenvalue weighted by Crippen LogP contribution is 2.16. The van der Waals surface area contributed by atoms with Crippen LogP contribution in [0.25, 0.3) is 0 Å². The Bertz CT molecular complexity index is 392. The van der Waals surface area contributed by atoms with Crippen LogP contribution in [0, 0.1) is 6.92 Å². The third-order valence-electron chi connectivity index (χ3n) is 3.43. The van der Waals surface area contributed by atoms with Gasteiger partial charge in [0.1, 0.15) is 0 Å². The molecule has 0 aromatic heterocycles. The molecule has 0 heterocycles. The molecule has 2 amide bonds. The number of nitrogens with one attached hydrogen (secondary N) is 2. The number of carbonyl (C=O) groups excluding carboxylic acids is 1. The minimum absolute atomic E-state index is 0.0544. The number of rotatable bonds is 5. The van der Waals surface area contributed by atoms with Crippen LogP contribution >= 0.6 is 0 Å². The predicted molar refractivity (Wildman–Crippen MR) is 73.7 cm³/mol. The van der Waals surface area contributed by atoms with E-state index in [1.54, 1.807) is 0 Å². The molecule has 0 aliphatic rings. The Morgan fingerprint density at radius 3 is 2.39 bits per heavy atom. The van der Waals surface area contributed by atoms with Gasteiger partial charge in [-0.25, -0.2) is 4.79 Å². The van der Waals surface area contributed by atoms with Crippen LogP contribution in [0.2, 0.25) is 0 Å². The summed E-state index contributed by atoms with van der Waals surface area (Å²) in [4.78, 5) is 11.9. The van der Waals surface area contributed by atoms with Gasteiger partial charge in [-0.3, -0.25) is 0 Å². The molecule has 0 saturated heterocycles. The molecule has 0 fully saturated rings. The number of benzene rings is 1. The lowest BCUT2D eigenvalue weighted by Crippen LogP contribution is -2.52. The van der Waals surface area contributed by atoms with Gasteiger partial charge in [-0.15, -0.1) is 0 Å². The Balaban J connectivity index is 2.70. The normalized spacial score (nSPS) is 11.1. The second-order valence-electron chi connectivity index (χ2n) is 4.54. The zero-order valence-corrected chi connectivity index (χ0v) is 11.3. The Labute approximate surface area is 108 Å². The first-order valence-corrected chi connectivity index (χ1v) is 6.32. The maximum Gasteiger partial charge on any atom is 0.319 e. The van der Waals surface area contributed by atoms with Crippen LogP contribution in [0.3, 0.4) is 0 Å². The van der Waals surface area contributed by atoms with Crippen LogP contribution < -0.4 is 10.6 Å². The number of carbonyl (C=O) groups is 1. The van der Waals surface area contributed by atoms with E-state index in [-0.39, 0.29) is 12.6 Å². The fraction of sp³-hybridized carbons (Fsp3) is 0.500. The largest absolute Gasteiger partial charge is 0.394 e.